The fourth-order valence-electron chi connectivity index (χ4n) is 3.34. The first-order chi connectivity index (χ1) is 11.0. The van der Waals surface area contributed by atoms with Crippen molar-refractivity contribution in [3.8, 4) is 5.75 Å². The van der Waals surface area contributed by atoms with Crippen molar-refractivity contribution in [3.63, 3.8) is 0 Å². The van der Waals surface area contributed by atoms with E-state index in [1.807, 2.05) is 0 Å². The van der Waals surface area contributed by atoms with E-state index in [-0.39, 0.29) is 0 Å². The van der Waals surface area contributed by atoms with Gasteiger partial charge in [0.1, 0.15) is 51.2 Å². The Balaban J connectivity index is 1.83. The summed E-state index contributed by atoms with van der Waals surface area (Å²) in [6, 6.07) is 6.34. The van der Waals surface area contributed by atoms with Crippen LogP contribution in [0.1, 0.15) is 37.8 Å². The van der Waals surface area contributed by atoms with Gasteiger partial charge in [-0.05, 0) is 37.0 Å². The van der Waals surface area contributed by atoms with E-state index < -0.39 is 6.10 Å². The van der Waals surface area contributed by atoms with E-state index in [0.717, 1.165) is 25.4 Å². The van der Waals surface area contributed by atoms with Gasteiger partial charge >= 0.3 is 0 Å². The highest BCUT2D eigenvalue weighted by Crippen LogP contribution is 2.27. The third kappa shape index (κ3) is 5.48. The first kappa shape index (κ1) is 18.2. The van der Waals surface area contributed by atoms with Crippen LogP contribution in [0.4, 0.5) is 0 Å². The molecular weight excluding hydrogens is 288 g/mol. The molecule has 0 radical (unpaired) electrons. The SMILES string of the molecule is CC[NH+]1CC[NH+](CC(O)COc2cc(C)ccc2C(C)C)CC1. The summed E-state index contributed by atoms with van der Waals surface area (Å²) in [5.74, 6) is 1.35. The van der Waals surface area contributed by atoms with Gasteiger partial charge in [-0.15, -0.1) is 0 Å². The van der Waals surface area contributed by atoms with Crippen molar-refractivity contribution in [2.24, 2.45) is 0 Å². The van der Waals surface area contributed by atoms with Crippen molar-refractivity contribution < 1.29 is 19.6 Å². The van der Waals surface area contributed by atoms with E-state index in [2.05, 4.69) is 45.9 Å². The Morgan fingerprint density at radius 3 is 2.39 bits per heavy atom. The summed E-state index contributed by atoms with van der Waals surface area (Å²) in [5, 5.41) is 10.3. The van der Waals surface area contributed by atoms with Crippen LogP contribution in [0.3, 0.4) is 0 Å². The Kier molecular flexibility index (Phi) is 6.88. The van der Waals surface area contributed by atoms with Gasteiger partial charge in [0.2, 0.25) is 0 Å². The van der Waals surface area contributed by atoms with Crippen molar-refractivity contribution >= 4 is 0 Å². The largest absolute Gasteiger partial charge is 0.490 e. The van der Waals surface area contributed by atoms with Gasteiger partial charge in [-0.1, -0.05) is 26.0 Å². The quantitative estimate of drug-likeness (QED) is 0.643. The molecule has 1 aromatic carbocycles. The molecule has 0 aliphatic carbocycles. The van der Waals surface area contributed by atoms with Crippen molar-refractivity contribution in [1.29, 1.82) is 0 Å². The lowest BCUT2D eigenvalue weighted by Crippen LogP contribution is -3.28. The third-order valence-electron chi connectivity index (χ3n) is 4.91. The maximum absolute atomic E-state index is 10.3. The smallest absolute Gasteiger partial charge is 0.137 e. The molecule has 1 atom stereocenters. The lowest BCUT2D eigenvalue weighted by molar-refractivity contribution is -1.01. The molecule has 1 aliphatic heterocycles. The zero-order valence-corrected chi connectivity index (χ0v) is 15.2. The number of quaternary nitrogens is 2. The first-order valence-electron chi connectivity index (χ1n) is 9.08. The van der Waals surface area contributed by atoms with E-state index in [1.165, 1.54) is 35.7 Å². The third-order valence-corrected chi connectivity index (χ3v) is 4.91. The van der Waals surface area contributed by atoms with E-state index >= 15 is 0 Å². The average molecular weight is 322 g/mol. The highest BCUT2D eigenvalue weighted by molar-refractivity contribution is 5.39. The Morgan fingerprint density at radius 2 is 1.78 bits per heavy atom. The number of hydrogen-bond acceptors (Lipinski definition) is 2. The minimum atomic E-state index is -0.395. The second-order valence-corrected chi connectivity index (χ2v) is 7.22. The van der Waals surface area contributed by atoms with Crippen LogP contribution in [0.25, 0.3) is 0 Å². The van der Waals surface area contributed by atoms with Gasteiger partial charge in [-0.25, -0.2) is 0 Å². The molecule has 1 fully saturated rings. The van der Waals surface area contributed by atoms with Crippen LogP contribution in [-0.4, -0.2) is 57.1 Å². The summed E-state index contributed by atoms with van der Waals surface area (Å²) in [6.45, 7) is 15.8. The van der Waals surface area contributed by atoms with Gasteiger partial charge in [-0.2, -0.15) is 0 Å². The zero-order valence-electron chi connectivity index (χ0n) is 15.2. The predicted molar refractivity (Wildman–Crippen MR) is 93.6 cm³/mol. The van der Waals surface area contributed by atoms with Gasteiger partial charge in [-0.3, -0.25) is 0 Å². The molecule has 23 heavy (non-hydrogen) atoms. The maximum Gasteiger partial charge on any atom is 0.137 e. The summed E-state index contributed by atoms with van der Waals surface area (Å²) < 4.78 is 5.96. The van der Waals surface area contributed by atoms with Gasteiger partial charge < -0.3 is 19.6 Å². The van der Waals surface area contributed by atoms with Crippen molar-refractivity contribution in [3.05, 3.63) is 29.3 Å². The molecule has 1 saturated heterocycles. The molecular formula is C19H34N2O2+2. The molecule has 1 unspecified atom stereocenters. The molecule has 2 rings (SSSR count). The number of nitrogens with one attached hydrogen (secondary N) is 2. The molecule has 3 N–H and O–H groups in total. The van der Waals surface area contributed by atoms with Crippen LogP contribution in [0.2, 0.25) is 0 Å². The van der Waals surface area contributed by atoms with E-state index in [0.29, 0.717) is 12.5 Å². The lowest BCUT2D eigenvalue weighted by atomic mass is 10.0. The molecule has 1 heterocycles. The highest BCUT2D eigenvalue weighted by atomic mass is 16.5. The summed E-state index contributed by atoms with van der Waals surface area (Å²) in [6.07, 6.45) is -0.395. The molecule has 1 aliphatic rings. The molecule has 4 nitrogen and oxygen atoms in total. The number of aliphatic hydroxyl groups excluding tert-OH is 1. The molecule has 0 aromatic heterocycles. The Bertz CT molecular complexity index is 482. The number of hydrogen-bond donors (Lipinski definition) is 3. The summed E-state index contributed by atoms with van der Waals surface area (Å²) in [5.41, 5.74) is 2.42. The van der Waals surface area contributed by atoms with E-state index in [1.54, 1.807) is 4.90 Å². The van der Waals surface area contributed by atoms with E-state index in [9.17, 15) is 5.11 Å². The minimum Gasteiger partial charge on any atom is -0.490 e. The molecule has 130 valence electrons. The molecule has 0 amide bonds. The van der Waals surface area contributed by atoms with Crippen LogP contribution in [0.15, 0.2) is 18.2 Å². The van der Waals surface area contributed by atoms with Gasteiger partial charge in [0.15, 0.2) is 0 Å². The number of aliphatic hydroxyl groups is 1. The molecule has 0 saturated carbocycles. The number of benzene rings is 1. The Morgan fingerprint density at radius 1 is 1.13 bits per heavy atom. The van der Waals surface area contributed by atoms with Gasteiger partial charge in [0, 0.05) is 0 Å². The minimum absolute atomic E-state index is 0.386. The number of likely N-dealkylation sites (N-methyl/N-ethyl adjacent to an activating group) is 1. The average Bonchev–Trinajstić information content (AvgIpc) is 2.53. The van der Waals surface area contributed by atoms with Gasteiger partial charge in [0.25, 0.3) is 0 Å². The second kappa shape index (κ2) is 8.67. The standard InChI is InChI=1S/C19H32N2O2/c1-5-20-8-10-21(11-9-20)13-17(22)14-23-19-12-16(4)6-7-18(19)15(2)3/h6-7,12,15,17,22H,5,8-11,13-14H2,1-4H3/p+2. The second-order valence-electron chi connectivity index (χ2n) is 7.22. The van der Waals surface area contributed by atoms with E-state index in [4.69, 9.17) is 4.74 Å². The highest BCUT2D eigenvalue weighted by Gasteiger charge is 2.24. The number of aryl methyl sites for hydroxylation is 1. The molecule has 1 aromatic rings. The number of piperazine rings is 1. The zero-order chi connectivity index (χ0) is 16.8. The maximum atomic E-state index is 10.3. The number of rotatable bonds is 7. The molecule has 4 heteroatoms. The summed E-state index contributed by atoms with van der Waals surface area (Å²) in [4.78, 5) is 3.19. The summed E-state index contributed by atoms with van der Waals surface area (Å²) >= 11 is 0. The normalized spacial score (nSPS) is 23.0. The van der Waals surface area contributed by atoms with Crippen LogP contribution in [-0.2, 0) is 0 Å². The van der Waals surface area contributed by atoms with Crippen molar-refractivity contribution in [2.75, 3.05) is 45.9 Å². The van der Waals surface area contributed by atoms with Crippen molar-refractivity contribution in [2.45, 2.75) is 39.7 Å². The first-order valence-corrected chi connectivity index (χ1v) is 9.08. The van der Waals surface area contributed by atoms with Gasteiger partial charge in [0.05, 0.1) is 6.54 Å². The predicted octanol–water partition coefficient (Wildman–Crippen LogP) is -0.339. The molecule has 0 bridgehead atoms. The van der Waals surface area contributed by atoms with Crippen LogP contribution in [0.5, 0.6) is 5.75 Å². The van der Waals surface area contributed by atoms with Crippen LogP contribution < -0.4 is 14.5 Å². The molecule has 0 spiro atoms. The number of ether oxygens (including phenoxy) is 1. The van der Waals surface area contributed by atoms with Crippen molar-refractivity contribution in [1.82, 2.24) is 0 Å². The summed E-state index contributed by atoms with van der Waals surface area (Å²) in [7, 11) is 0. The van der Waals surface area contributed by atoms with Crippen LogP contribution >= 0.6 is 0 Å². The fraction of sp³-hybridized carbons (Fsp3) is 0.684. The monoisotopic (exact) mass is 322 g/mol. The van der Waals surface area contributed by atoms with Crippen LogP contribution in [0, 0.1) is 6.92 Å². The topological polar surface area (TPSA) is 38.3 Å². The Hall–Kier alpha value is -1.10. The lowest BCUT2D eigenvalue weighted by Gasteiger charge is -2.30. The Labute approximate surface area is 141 Å². The fourth-order valence-corrected chi connectivity index (χ4v) is 3.34.